The zero-order valence-corrected chi connectivity index (χ0v) is 11.2. The van der Waals surface area contributed by atoms with Crippen molar-refractivity contribution in [2.24, 2.45) is 0 Å². The molecule has 0 radical (unpaired) electrons. The molecule has 4 nitrogen and oxygen atoms in total. The number of H-pyrrole nitrogens is 1. The highest BCUT2D eigenvalue weighted by Gasteiger charge is 2.22. The molecule has 0 saturated heterocycles. The summed E-state index contributed by atoms with van der Waals surface area (Å²) in [4.78, 5) is 20.2. The van der Waals surface area contributed by atoms with Gasteiger partial charge in [0.05, 0.1) is 22.5 Å². The van der Waals surface area contributed by atoms with E-state index in [2.05, 4.69) is 9.97 Å². The first kappa shape index (κ1) is 11.9. The summed E-state index contributed by atoms with van der Waals surface area (Å²) in [5.74, 6) is -0.294. The Morgan fingerprint density at radius 3 is 3.05 bits per heavy atom. The van der Waals surface area contributed by atoms with E-state index in [1.807, 2.05) is 30.5 Å². The first-order valence-electron chi connectivity index (χ1n) is 5.99. The molecule has 0 spiro atoms. The molecular weight excluding hydrogens is 260 g/mol. The highest BCUT2D eigenvalue weighted by atomic mass is 32.1. The van der Waals surface area contributed by atoms with Gasteiger partial charge in [0.2, 0.25) is 0 Å². The number of hydrogen-bond donors (Lipinski definition) is 1. The molecule has 0 aromatic carbocycles. The van der Waals surface area contributed by atoms with Gasteiger partial charge in [-0.2, -0.15) is 0 Å². The van der Waals surface area contributed by atoms with Crippen molar-refractivity contribution in [2.45, 2.75) is 6.92 Å². The molecular formula is C14H12N2O2S. The van der Waals surface area contributed by atoms with Gasteiger partial charge in [-0.15, -0.1) is 11.3 Å². The number of carbonyl (C=O) groups is 1. The topological polar surface area (TPSA) is 55.0 Å². The summed E-state index contributed by atoms with van der Waals surface area (Å²) in [5.41, 5.74) is 2.54. The molecule has 3 aromatic rings. The van der Waals surface area contributed by atoms with Crippen LogP contribution >= 0.6 is 11.3 Å². The lowest BCUT2D eigenvalue weighted by atomic mass is 10.1. The van der Waals surface area contributed by atoms with E-state index in [0.29, 0.717) is 11.5 Å². The Hall–Kier alpha value is -2.14. The fourth-order valence-corrected chi connectivity index (χ4v) is 3.08. The van der Waals surface area contributed by atoms with Crippen molar-refractivity contribution in [3.05, 3.63) is 41.5 Å². The van der Waals surface area contributed by atoms with Crippen LogP contribution in [0.15, 0.2) is 36.7 Å². The van der Waals surface area contributed by atoms with Crippen molar-refractivity contribution in [1.29, 1.82) is 0 Å². The second-order valence-corrected chi connectivity index (χ2v) is 5.01. The third-order valence-corrected chi connectivity index (χ3v) is 3.91. The lowest BCUT2D eigenvalue weighted by Gasteiger charge is -2.03. The van der Waals surface area contributed by atoms with Crippen molar-refractivity contribution in [3.63, 3.8) is 0 Å². The molecule has 0 unspecified atom stereocenters. The second-order valence-electron chi connectivity index (χ2n) is 3.96. The van der Waals surface area contributed by atoms with Gasteiger partial charge in [0.15, 0.2) is 0 Å². The van der Waals surface area contributed by atoms with E-state index >= 15 is 0 Å². The fraction of sp³-hybridized carbons (Fsp3) is 0.143. The van der Waals surface area contributed by atoms with E-state index in [1.165, 1.54) is 11.3 Å². The molecule has 0 aliphatic heterocycles. The molecule has 5 heteroatoms. The van der Waals surface area contributed by atoms with Gasteiger partial charge < -0.3 is 9.72 Å². The molecule has 0 bridgehead atoms. The number of carbonyl (C=O) groups excluding carboxylic acids is 1. The number of aromatic amines is 1. The Kier molecular flexibility index (Phi) is 3.05. The minimum absolute atomic E-state index is 0.294. The van der Waals surface area contributed by atoms with Crippen LogP contribution in [0.2, 0.25) is 0 Å². The standard InChI is InChI=1S/C14H12N2O2S/c1-2-18-14(17)13-11(9-5-3-4-7-15-9)12-10(19-13)6-8-16-12/h3-8,16H,2H2,1H3. The Morgan fingerprint density at radius 1 is 1.42 bits per heavy atom. The van der Waals surface area contributed by atoms with Crippen molar-refractivity contribution in [1.82, 2.24) is 9.97 Å². The van der Waals surface area contributed by atoms with E-state index in [0.717, 1.165) is 21.5 Å². The van der Waals surface area contributed by atoms with Crippen LogP contribution in [0.4, 0.5) is 0 Å². The lowest BCUT2D eigenvalue weighted by Crippen LogP contribution is -2.04. The zero-order chi connectivity index (χ0) is 13.2. The number of thiophene rings is 1. The molecule has 0 atom stereocenters. The van der Waals surface area contributed by atoms with Crippen molar-refractivity contribution >= 4 is 27.5 Å². The van der Waals surface area contributed by atoms with Gasteiger partial charge in [-0.1, -0.05) is 6.07 Å². The van der Waals surface area contributed by atoms with E-state index in [4.69, 9.17) is 4.74 Å². The van der Waals surface area contributed by atoms with Gasteiger partial charge in [0.25, 0.3) is 0 Å². The van der Waals surface area contributed by atoms with Gasteiger partial charge in [-0.25, -0.2) is 4.79 Å². The highest BCUT2D eigenvalue weighted by molar-refractivity contribution is 7.21. The Morgan fingerprint density at radius 2 is 2.32 bits per heavy atom. The summed E-state index contributed by atoms with van der Waals surface area (Å²) in [6.45, 7) is 2.17. The van der Waals surface area contributed by atoms with E-state index < -0.39 is 0 Å². The maximum atomic E-state index is 12.1. The quantitative estimate of drug-likeness (QED) is 0.743. The van der Waals surface area contributed by atoms with E-state index in [-0.39, 0.29) is 5.97 Å². The summed E-state index contributed by atoms with van der Waals surface area (Å²) in [7, 11) is 0. The van der Waals surface area contributed by atoms with Crippen LogP contribution in [-0.4, -0.2) is 22.5 Å². The van der Waals surface area contributed by atoms with Crippen LogP contribution in [0.5, 0.6) is 0 Å². The first-order chi connectivity index (χ1) is 9.31. The molecule has 19 heavy (non-hydrogen) atoms. The molecule has 0 amide bonds. The number of rotatable bonds is 3. The number of fused-ring (bicyclic) bond motifs is 1. The predicted molar refractivity (Wildman–Crippen MR) is 75.4 cm³/mol. The maximum absolute atomic E-state index is 12.1. The van der Waals surface area contributed by atoms with Gasteiger partial charge in [0.1, 0.15) is 4.88 Å². The number of hydrogen-bond acceptors (Lipinski definition) is 4. The van der Waals surface area contributed by atoms with Gasteiger partial charge in [0, 0.05) is 18.0 Å². The average molecular weight is 272 g/mol. The van der Waals surface area contributed by atoms with E-state index in [1.54, 1.807) is 13.1 Å². The van der Waals surface area contributed by atoms with Crippen LogP contribution < -0.4 is 0 Å². The Labute approximate surface area is 114 Å². The van der Waals surface area contributed by atoms with Crippen molar-refractivity contribution in [3.8, 4) is 11.3 Å². The summed E-state index contributed by atoms with van der Waals surface area (Å²) in [5, 5.41) is 0. The summed E-state index contributed by atoms with van der Waals surface area (Å²) < 4.78 is 6.15. The molecule has 0 saturated carbocycles. The third kappa shape index (κ3) is 2.02. The number of nitrogens with one attached hydrogen (secondary N) is 1. The molecule has 3 heterocycles. The number of esters is 1. The minimum atomic E-state index is -0.294. The van der Waals surface area contributed by atoms with Crippen LogP contribution in [0.25, 0.3) is 21.5 Å². The highest BCUT2D eigenvalue weighted by Crippen LogP contribution is 2.37. The smallest absolute Gasteiger partial charge is 0.349 e. The number of pyridine rings is 1. The van der Waals surface area contributed by atoms with Gasteiger partial charge in [-0.3, -0.25) is 4.98 Å². The van der Waals surface area contributed by atoms with Crippen LogP contribution in [0, 0.1) is 0 Å². The lowest BCUT2D eigenvalue weighted by molar-refractivity contribution is 0.0533. The normalized spacial score (nSPS) is 10.8. The molecule has 96 valence electrons. The van der Waals surface area contributed by atoms with Crippen LogP contribution in [0.1, 0.15) is 16.6 Å². The summed E-state index contributed by atoms with van der Waals surface area (Å²) in [6, 6.07) is 7.61. The Bertz CT molecular complexity index is 715. The van der Waals surface area contributed by atoms with Gasteiger partial charge >= 0.3 is 5.97 Å². The van der Waals surface area contributed by atoms with Crippen molar-refractivity contribution in [2.75, 3.05) is 6.61 Å². The SMILES string of the molecule is CCOC(=O)c1sc2cc[nH]c2c1-c1ccccn1. The Balaban J connectivity index is 2.22. The van der Waals surface area contributed by atoms with Crippen molar-refractivity contribution < 1.29 is 9.53 Å². The molecule has 3 aromatic heterocycles. The van der Waals surface area contributed by atoms with Crippen LogP contribution in [-0.2, 0) is 4.74 Å². The molecule has 3 rings (SSSR count). The first-order valence-corrected chi connectivity index (χ1v) is 6.81. The maximum Gasteiger partial charge on any atom is 0.349 e. The molecule has 0 aliphatic rings. The third-order valence-electron chi connectivity index (χ3n) is 2.78. The number of nitrogens with zero attached hydrogens (tertiary/aromatic N) is 1. The fourth-order valence-electron chi connectivity index (χ4n) is 2.01. The number of aromatic nitrogens is 2. The monoisotopic (exact) mass is 272 g/mol. The molecule has 0 aliphatic carbocycles. The second kappa shape index (κ2) is 4.85. The summed E-state index contributed by atoms with van der Waals surface area (Å²) in [6.07, 6.45) is 3.58. The zero-order valence-electron chi connectivity index (χ0n) is 10.3. The van der Waals surface area contributed by atoms with Crippen LogP contribution in [0.3, 0.4) is 0 Å². The van der Waals surface area contributed by atoms with E-state index in [9.17, 15) is 4.79 Å². The average Bonchev–Trinajstić information content (AvgIpc) is 2.99. The minimum Gasteiger partial charge on any atom is -0.462 e. The summed E-state index contributed by atoms with van der Waals surface area (Å²) >= 11 is 1.43. The molecule has 0 fully saturated rings. The number of ether oxygens (including phenoxy) is 1. The predicted octanol–water partition coefficient (Wildman–Crippen LogP) is 3.47. The molecule has 1 N–H and O–H groups in total. The van der Waals surface area contributed by atoms with Gasteiger partial charge in [-0.05, 0) is 25.1 Å². The largest absolute Gasteiger partial charge is 0.462 e.